The highest BCUT2D eigenvalue weighted by Gasteiger charge is 2.23. The molecular formula is C13H10BrFO4. The molecule has 2 rings (SSSR count). The van der Waals surface area contributed by atoms with E-state index in [4.69, 9.17) is 4.74 Å². The molecule has 1 aliphatic heterocycles. The van der Waals surface area contributed by atoms with Crippen LogP contribution in [0.3, 0.4) is 0 Å². The van der Waals surface area contributed by atoms with Crippen molar-refractivity contribution in [2.45, 2.75) is 0 Å². The molecule has 1 aliphatic rings. The van der Waals surface area contributed by atoms with Crippen molar-refractivity contribution < 1.29 is 23.5 Å². The number of esters is 1. The number of benzene rings is 1. The van der Waals surface area contributed by atoms with Crippen LogP contribution in [0.5, 0.6) is 5.75 Å². The van der Waals surface area contributed by atoms with E-state index in [0.717, 1.165) is 0 Å². The number of hydrogen-bond donors (Lipinski definition) is 0. The fourth-order valence-corrected chi connectivity index (χ4v) is 2.05. The van der Waals surface area contributed by atoms with E-state index < -0.39 is 11.8 Å². The number of ketones is 1. The van der Waals surface area contributed by atoms with Crippen molar-refractivity contribution >= 4 is 33.8 Å². The Morgan fingerprint density at radius 3 is 2.84 bits per heavy atom. The standard InChI is InChI=1S/C13H10BrFO4/c1-18-13(17)8-4-7-2-3-9(10(16)5-14)11(15)12(7)19-6-8/h2-4H,5-6H2,1H3. The highest BCUT2D eigenvalue weighted by Crippen LogP contribution is 2.32. The Balaban J connectivity index is 2.45. The second-order valence-electron chi connectivity index (χ2n) is 3.85. The molecule has 0 aromatic heterocycles. The summed E-state index contributed by atoms with van der Waals surface area (Å²) in [7, 11) is 1.26. The molecule has 0 radical (unpaired) electrons. The molecule has 0 saturated carbocycles. The Morgan fingerprint density at radius 2 is 2.21 bits per heavy atom. The van der Waals surface area contributed by atoms with Gasteiger partial charge in [0.1, 0.15) is 6.61 Å². The minimum Gasteiger partial charge on any atom is -0.485 e. The van der Waals surface area contributed by atoms with Crippen molar-refractivity contribution in [3.05, 3.63) is 34.6 Å². The third kappa shape index (κ3) is 2.53. The number of methoxy groups -OCH3 is 1. The van der Waals surface area contributed by atoms with E-state index in [0.29, 0.717) is 11.1 Å². The van der Waals surface area contributed by atoms with Crippen molar-refractivity contribution in [3.63, 3.8) is 0 Å². The summed E-state index contributed by atoms with van der Waals surface area (Å²) in [4.78, 5) is 22.9. The van der Waals surface area contributed by atoms with Crippen molar-refractivity contribution in [2.75, 3.05) is 19.0 Å². The molecule has 4 nitrogen and oxygen atoms in total. The van der Waals surface area contributed by atoms with Gasteiger partial charge in [-0.2, -0.15) is 0 Å². The van der Waals surface area contributed by atoms with Crippen LogP contribution in [0.25, 0.3) is 6.08 Å². The summed E-state index contributed by atoms with van der Waals surface area (Å²) in [6.45, 7) is -0.0808. The summed E-state index contributed by atoms with van der Waals surface area (Å²) in [5.74, 6) is -1.61. The molecule has 1 aromatic rings. The normalized spacial score (nSPS) is 13.1. The molecule has 0 bridgehead atoms. The van der Waals surface area contributed by atoms with Crippen LogP contribution in [0, 0.1) is 5.82 Å². The predicted molar refractivity (Wildman–Crippen MR) is 70.0 cm³/mol. The topological polar surface area (TPSA) is 52.6 Å². The van der Waals surface area contributed by atoms with Gasteiger partial charge in [0.05, 0.1) is 23.6 Å². The molecule has 0 spiro atoms. The smallest absolute Gasteiger partial charge is 0.337 e. The first kappa shape index (κ1) is 13.7. The van der Waals surface area contributed by atoms with Gasteiger partial charge in [-0.25, -0.2) is 9.18 Å². The largest absolute Gasteiger partial charge is 0.485 e. The summed E-state index contributed by atoms with van der Waals surface area (Å²) in [5, 5.41) is 0.0337. The number of hydrogen-bond acceptors (Lipinski definition) is 4. The van der Waals surface area contributed by atoms with E-state index in [1.165, 1.54) is 25.3 Å². The zero-order valence-corrected chi connectivity index (χ0v) is 11.6. The van der Waals surface area contributed by atoms with Gasteiger partial charge in [-0.1, -0.05) is 22.0 Å². The van der Waals surface area contributed by atoms with Gasteiger partial charge in [-0.15, -0.1) is 0 Å². The lowest BCUT2D eigenvalue weighted by Gasteiger charge is -2.18. The fourth-order valence-electron chi connectivity index (χ4n) is 1.75. The molecule has 19 heavy (non-hydrogen) atoms. The maximum atomic E-state index is 14.1. The van der Waals surface area contributed by atoms with Gasteiger partial charge in [-0.3, -0.25) is 4.79 Å². The lowest BCUT2D eigenvalue weighted by molar-refractivity contribution is -0.136. The van der Waals surface area contributed by atoms with Gasteiger partial charge in [-0.05, 0) is 12.1 Å². The Labute approximate surface area is 117 Å². The van der Waals surface area contributed by atoms with Gasteiger partial charge in [0.25, 0.3) is 0 Å². The van der Waals surface area contributed by atoms with E-state index in [9.17, 15) is 14.0 Å². The Hall–Kier alpha value is -1.69. The van der Waals surface area contributed by atoms with E-state index in [1.807, 2.05) is 0 Å². The number of Topliss-reactive ketones (excluding diaryl/α,β-unsaturated/α-hetero) is 1. The third-order valence-electron chi connectivity index (χ3n) is 2.70. The van der Waals surface area contributed by atoms with E-state index in [1.54, 1.807) is 0 Å². The molecule has 1 aromatic carbocycles. The first-order valence-electron chi connectivity index (χ1n) is 5.41. The van der Waals surface area contributed by atoms with Gasteiger partial charge in [0.15, 0.2) is 17.3 Å². The first-order chi connectivity index (χ1) is 9.08. The van der Waals surface area contributed by atoms with Crippen LogP contribution in [-0.2, 0) is 9.53 Å². The third-order valence-corrected chi connectivity index (χ3v) is 3.21. The molecule has 0 N–H and O–H groups in total. The number of carbonyl (C=O) groups excluding carboxylic acids is 2. The van der Waals surface area contributed by atoms with Crippen molar-refractivity contribution in [2.24, 2.45) is 0 Å². The van der Waals surface area contributed by atoms with Crippen LogP contribution in [0.4, 0.5) is 4.39 Å². The van der Waals surface area contributed by atoms with Gasteiger partial charge >= 0.3 is 5.97 Å². The summed E-state index contributed by atoms with van der Waals surface area (Å²) >= 11 is 2.99. The average Bonchev–Trinajstić information content (AvgIpc) is 2.45. The lowest BCUT2D eigenvalue weighted by Crippen LogP contribution is -2.17. The molecule has 6 heteroatoms. The maximum Gasteiger partial charge on any atom is 0.337 e. The van der Waals surface area contributed by atoms with E-state index in [2.05, 4.69) is 20.7 Å². The summed E-state index contributed by atoms with van der Waals surface area (Å²) in [6, 6.07) is 2.91. The number of halogens is 2. The van der Waals surface area contributed by atoms with E-state index in [-0.39, 0.29) is 29.0 Å². The van der Waals surface area contributed by atoms with Gasteiger partial charge < -0.3 is 9.47 Å². The summed E-state index contributed by atoms with van der Waals surface area (Å²) < 4.78 is 23.9. The molecule has 0 unspecified atom stereocenters. The molecule has 0 atom stereocenters. The number of rotatable bonds is 3. The van der Waals surface area contributed by atoms with Crippen molar-refractivity contribution in [1.82, 2.24) is 0 Å². The molecule has 0 fully saturated rings. The Bertz CT molecular complexity index is 580. The fraction of sp³-hybridized carbons (Fsp3) is 0.231. The number of fused-ring (bicyclic) bond motifs is 1. The predicted octanol–water partition coefficient (Wildman–Crippen LogP) is 2.35. The van der Waals surface area contributed by atoms with Crippen LogP contribution in [0.2, 0.25) is 0 Å². The SMILES string of the molecule is COC(=O)C1=Cc2ccc(C(=O)CBr)c(F)c2OC1. The average molecular weight is 329 g/mol. The number of ether oxygens (including phenoxy) is 2. The lowest BCUT2D eigenvalue weighted by atomic mass is 10.0. The number of alkyl halides is 1. The highest BCUT2D eigenvalue weighted by atomic mass is 79.9. The monoisotopic (exact) mass is 328 g/mol. The molecule has 0 amide bonds. The van der Waals surface area contributed by atoms with Crippen molar-refractivity contribution in [3.8, 4) is 5.75 Å². The zero-order valence-electron chi connectivity index (χ0n) is 10.0. The summed E-state index contributed by atoms with van der Waals surface area (Å²) in [6.07, 6.45) is 1.50. The second kappa shape index (κ2) is 5.52. The Kier molecular flexibility index (Phi) is 3.99. The second-order valence-corrected chi connectivity index (χ2v) is 4.41. The minimum atomic E-state index is -0.706. The molecular weight excluding hydrogens is 319 g/mol. The molecule has 1 heterocycles. The van der Waals surface area contributed by atoms with Crippen LogP contribution in [-0.4, -0.2) is 30.8 Å². The van der Waals surface area contributed by atoms with Crippen molar-refractivity contribution in [1.29, 1.82) is 0 Å². The first-order valence-corrected chi connectivity index (χ1v) is 6.54. The van der Waals surface area contributed by atoms with Gasteiger partial charge in [0.2, 0.25) is 0 Å². The Morgan fingerprint density at radius 1 is 1.47 bits per heavy atom. The maximum absolute atomic E-state index is 14.1. The zero-order chi connectivity index (χ0) is 14.0. The molecule has 100 valence electrons. The van der Waals surface area contributed by atoms with Crippen LogP contribution < -0.4 is 4.74 Å². The summed E-state index contributed by atoms with van der Waals surface area (Å²) in [5.41, 5.74) is 0.676. The quantitative estimate of drug-likeness (QED) is 0.485. The minimum absolute atomic E-state index is 0.0144. The van der Waals surface area contributed by atoms with E-state index >= 15 is 0 Å². The molecule has 0 saturated heterocycles. The van der Waals surface area contributed by atoms with Crippen LogP contribution in [0.15, 0.2) is 17.7 Å². The number of carbonyl (C=O) groups is 2. The van der Waals surface area contributed by atoms with Crippen LogP contribution in [0.1, 0.15) is 15.9 Å². The van der Waals surface area contributed by atoms with Crippen LogP contribution >= 0.6 is 15.9 Å². The van der Waals surface area contributed by atoms with Gasteiger partial charge in [0, 0.05) is 5.56 Å². The molecule has 0 aliphatic carbocycles. The highest BCUT2D eigenvalue weighted by molar-refractivity contribution is 9.09.